The normalized spacial score (nSPS) is 21.8. The molecule has 1 aromatic heterocycles. The molecule has 4 rings (SSSR count). The van der Waals surface area contributed by atoms with E-state index >= 15 is 0 Å². The van der Waals surface area contributed by atoms with Crippen molar-refractivity contribution < 1.29 is 9.21 Å². The summed E-state index contributed by atoms with van der Waals surface area (Å²) in [5.41, 5.74) is 3.98. The fourth-order valence-corrected chi connectivity index (χ4v) is 3.57. The molecule has 3 unspecified atom stereocenters. The second kappa shape index (κ2) is 6.20. The molecule has 126 valence electrons. The van der Waals surface area contributed by atoms with Crippen molar-refractivity contribution in [1.82, 2.24) is 4.98 Å². The van der Waals surface area contributed by atoms with Crippen molar-refractivity contribution >= 4 is 11.6 Å². The predicted molar refractivity (Wildman–Crippen MR) is 97.1 cm³/mol. The zero-order valence-electron chi connectivity index (χ0n) is 14.3. The standard InChI is InChI=1S/C21H20N2O2/c1-13-12-16(21-22-10-11-25-21)8-9-17(13)23-20(24)19-14(2)18(19)15-6-4-3-5-7-15/h3-12,14,18-19H,1-2H3,(H,23,24). The van der Waals surface area contributed by atoms with E-state index in [1.165, 1.54) is 5.56 Å². The zero-order chi connectivity index (χ0) is 17.4. The van der Waals surface area contributed by atoms with Gasteiger partial charge in [-0.1, -0.05) is 37.3 Å². The van der Waals surface area contributed by atoms with E-state index in [4.69, 9.17) is 4.42 Å². The first kappa shape index (κ1) is 15.6. The fourth-order valence-electron chi connectivity index (χ4n) is 3.57. The number of oxazole rings is 1. The maximum atomic E-state index is 12.7. The van der Waals surface area contributed by atoms with E-state index in [0.29, 0.717) is 17.7 Å². The number of carbonyl (C=O) groups is 1. The number of amides is 1. The number of carbonyl (C=O) groups excluding carboxylic acids is 1. The Labute approximate surface area is 146 Å². The molecule has 1 amide bonds. The van der Waals surface area contributed by atoms with Crippen LogP contribution in [0.15, 0.2) is 65.4 Å². The Morgan fingerprint density at radius 1 is 1.16 bits per heavy atom. The zero-order valence-corrected chi connectivity index (χ0v) is 14.3. The molecule has 1 aliphatic rings. The van der Waals surface area contributed by atoms with Gasteiger partial charge in [-0.2, -0.15) is 0 Å². The Morgan fingerprint density at radius 3 is 2.64 bits per heavy atom. The largest absolute Gasteiger partial charge is 0.445 e. The van der Waals surface area contributed by atoms with Gasteiger partial charge < -0.3 is 9.73 Å². The van der Waals surface area contributed by atoms with Crippen LogP contribution in [0.1, 0.15) is 24.0 Å². The molecule has 0 spiro atoms. The molecule has 4 nitrogen and oxygen atoms in total. The van der Waals surface area contributed by atoms with Crippen LogP contribution in [0.3, 0.4) is 0 Å². The molecule has 1 saturated carbocycles. The molecule has 0 saturated heterocycles. The van der Waals surface area contributed by atoms with Gasteiger partial charge in [0.05, 0.1) is 6.20 Å². The van der Waals surface area contributed by atoms with Gasteiger partial charge in [0.25, 0.3) is 0 Å². The average molecular weight is 332 g/mol. The van der Waals surface area contributed by atoms with Gasteiger partial charge in [-0.15, -0.1) is 0 Å². The molecule has 1 heterocycles. The molecule has 0 aliphatic heterocycles. The molecular formula is C21H20N2O2. The van der Waals surface area contributed by atoms with Gasteiger partial charge in [0.2, 0.25) is 11.8 Å². The number of benzene rings is 2. The molecule has 3 atom stereocenters. The average Bonchev–Trinajstić information content (AvgIpc) is 3.04. The van der Waals surface area contributed by atoms with E-state index in [1.807, 2.05) is 43.3 Å². The third-order valence-electron chi connectivity index (χ3n) is 5.03. The van der Waals surface area contributed by atoms with Crippen LogP contribution in [0.4, 0.5) is 5.69 Å². The number of aromatic nitrogens is 1. The Bertz CT molecular complexity index is 888. The van der Waals surface area contributed by atoms with E-state index < -0.39 is 0 Å². The molecule has 25 heavy (non-hydrogen) atoms. The third kappa shape index (κ3) is 2.95. The molecular weight excluding hydrogens is 312 g/mol. The van der Waals surface area contributed by atoms with E-state index in [-0.39, 0.29) is 11.8 Å². The van der Waals surface area contributed by atoms with Gasteiger partial charge in [0.1, 0.15) is 6.26 Å². The van der Waals surface area contributed by atoms with Crippen molar-refractivity contribution in [2.75, 3.05) is 5.32 Å². The number of hydrogen-bond acceptors (Lipinski definition) is 3. The van der Waals surface area contributed by atoms with Crippen molar-refractivity contribution in [1.29, 1.82) is 0 Å². The van der Waals surface area contributed by atoms with Crippen molar-refractivity contribution in [3.63, 3.8) is 0 Å². The number of hydrogen-bond donors (Lipinski definition) is 1. The lowest BCUT2D eigenvalue weighted by Gasteiger charge is -2.09. The number of anilines is 1. The molecule has 4 heteroatoms. The Hall–Kier alpha value is -2.88. The van der Waals surface area contributed by atoms with Crippen LogP contribution in [-0.2, 0) is 4.79 Å². The smallest absolute Gasteiger partial charge is 0.228 e. The lowest BCUT2D eigenvalue weighted by Crippen LogP contribution is -2.16. The van der Waals surface area contributed by atoms with Crippen LogP contribution in [0, 0.1) is 18.8 Å². The van der Waals surface area contributed by atoms with E-state index in [1.54, 1.807) is 12.5 Å². The van der Waals surface area contributed by atoms with E-state index in [0.717, 1.165) is 16.8 Å². The first-order valence-corrected chi connectivity index (χ1v) is 8.51. The van der Waals surface area contributed by atoms with Crippen LogP contribution >= 0.6 is 0 Å². The van der Waals surface area contributed by atoms with Crippen LogP contribution in [0.25, 0.3) is 11.5 Å². The second-order valence-electron chi connectivity index (χ2n) is 6.68. The Balaban J connectivity index is 1.48. The van der Waals surface area contributed by atoms with Crippen molar-refractivity contribution in [2.24, 2.45) is 11.8 Å². The SMILES string of the molecule is Cc1cc(-c2ncco2)ccc1NC(=O)C1C(C)C1c1ccccc1. The lowest BCUT2D eigenvalue weighted by molar-refractivity contribution is -0.117. The molecule has 1 aliphatic carbocycles. The summed E-state index contributed by atoms with van der Waals surface area (Å²) in [6, 6.07) is 16.1. The van der Waals surface area contributed by atoms with E-state index in [9.17, 15) is 4.79 Å². The lowest BCUT2D eigenvalue weighted by atomic mass is 10.1. The summed E-state index contributed by atoms with van der Waals surface area (Å²) >= 11 is 0. The monoisotopic (exact) mass is 332 g/mol. The van der Waals surface area contributed by atoms with Crippen LogP contribution in [0.2, 0.25) is 0 Å². The topological polar surface area (TPSA) is 55.1 Å². The number of nitrogens with one attached hydrogen (secondary N) is 1. The third-order valence-corrected chi connectivity index (χ3v) is 5.03. The quantitative estimate of drug-likeness (QED) is 0.757. The number of aryl methyl sites for hydroxylation is 1. The van der Waals surface area contributed by atoms with Crippen LogP contribution in [0.5, 0.6) is 0 Å². The van der Waals surface area contributed by atoms with E-state index in [2.05, 4.69) is 29.4 Å². The summed E-state index contributed by atoms with van der Waals surface area (Å²) in [6.07, 6.45) is 3.18. The van der Waals surface area contributed by atoms with Crippen LogP contribution < -0.4 is 5.32 Å². The summed E-state index contributed by atoms with van der Waals surface area (Å²) < 4.78 is 5.32. The van der Waals surface area contributed by atoms with Gasteiger partial charge in [-0.3, -0.25) is 4.79 Å². The van der Waals surface area contributed by atoms with Gasteiger partial charge in [0, 0.05) is 17.2 Å². The first-order valence-electron chi connectivity index (χ1n) is 8.51. The Kier molecular flexibility index (Phi) is 3.88. The first-order chi connectivity index (χ1) is 12.1. The molecule has 2 aromatic carbocycles. The summed E-state index contributed by atoms with van der Waals surface area (Å²) in [4.78, 5) is 16.8. The highest BCUT2D eigenvalue weighted by molar-refractivity contribution is 5.96. The summed E-state index contributed by atoms with van der Waals surface area (Å²) in [7, 11) is 0. The molecule has 3 aromatic rings. The van der Waals surface area contributed by atoms with Gasteiger partial charge in [0.15, 0.2) is 0 Å². The molecule has 0 bridgehead atoms. The molecule has 0 radical (unpaired) electrons. The highest BCUT2D eigenvalue weighted by Gasteiger charge is 2.52. The van der Waals surface area contributed by atoms with Crippen molar-refractivity contribution in [3.8, 4) is 11.5 Å². The van der Waals surface area contributed by atoms with Gasteiger partial charge in [-0.05, 0) is 48.1 Å². The van der Waals surface area contributed by atoms with Crippen LogP contribution in [-0.4, -0.2) is 10.9 Å². The molecule has 1 N–H and O–H groups in total. The fraction of sp³-hybridized carbons (Fsp3) is 0.238. The summed E-state index contributed by atoms with van der Waals surface area (Å²) in [5.74, 6) is 1.39. The minimum Gasteiger partial charge on any atom is -0.445 e. The summed E-state index contributed by atoms with van der Waals surface area (Å²) in [5, 5.41) is 3.08. The maximum absolute atomic E-state index is 12.7. The predicted octanol–water partition coefficient (Wildman–Crippen LogP) is 4.64. The minimum absolute atomic E-state index is 0.0354. The highest BCUT2D eigenvalue weighted by atomic mass is 16.3. The maximum Gasteiger partial charge on any atom is 0.228 e. The van der Waals surface area contributed by atoms with Gasteiger partial charge in [-0.25, -0.2) is 4.98 Å². The second-order valence-corrected chi connectivity index (χ2v) is 6.68. The highest BCUT2D eigenvalue weighted by Crippen LogP contribution is 2.54. The number of rotatable bonds is 4. The Morgan fingerprint density at radius 2 is 1.96 bits per heavy atom. The minimum atomic E-state index is 0.0354. The number of nitrogens with zero attached hydrogens (tertiary/aromatic N) is 1. The van der Waals surface area contributed by atoms with Crippen molar-refractivity contribution in [2.45, 2.75) is 19.8 Å². The van der Waals surface area contributed by atoms with Crippen molar-refractivity contribution in [3.05, 3.63) is 72.1 Å². The molecule has 1 fully saturated rings. The van der Waals surface area contributed by atoms with Gasteiger partial charge >= 0.3 is 0 Å². The summed E-state index contributed by atoms with van der Waals surface area (Å²) in [6.45, 7) is 4.12.